The first-order valence-electron chi connectivity index (χ1n) is 10.4. The summed E-state index contributed by atoms with van der Waals surface area (Å²) in [4.78, 5) is 0.739. The zero-order valence-corrected chi connectivity index (χ0v) is 16.8. The van der Waals surface area contributed by atoms with Crippen molar-refractivity contribution in [3.05, 3.63) is 41.5 Å². The number of nitrogens with one attached hydrogen (secondary N) is 1. The van der Waals surface area contributed by atoms with E-state index in [1.807, 2.05) is 0 Å². The van der Waals surface area contributed by atoms with Gasteiger partial charge in [-0.1, -0.05) is 59.3 Å². The Morgan fingerprint density at radius 2 is 2.00 bits per heavy atom. The molecule has 8 unspecified atom stereocenters. The maximum atomic E-state index is 4.18. The fourth-order valence-corrected chi connectivity index (χ4v) is 7.93. The van der Waals surface area contributed by atoms with E-state index in [0.29, 0.717) is 5.92 Å². The molecule has 25 heavy (non-hydrogen) atoms. The van der Waals surface area contributed by atoms with Crippen LogP contribution in [0.2, 0.25) is 0 Å². The lowest BCUT2D eigenvalue weighted by atomic mass is 9.67. The van der Waals surface area contributed by atoms with Gasteiger partial charge in [-0.2, -0.15) is 0 Å². The molecule has 0 spiro atoms. The fourth-order valence-electron chi connectivity index (χ4n) is 6.69. The molecular formula is C23H30BrN. The average molecular weight is 400 g/mol. The van der Waals surface area contributed by atoms with Gasteiger partial charge >= 0.3 is 0 Å². The lowest BCUT2D eigenvalue weighted by Crippen LogP contribution is -2.52. The van der Waals surface area contributed by atoms with E-state index < -0.39 is 0 Å². The van der Waals surface area contributed by atoms with Crippen LogP contribution in [0, 0.1) is 29.6 Å². The standard InChI is InChI=1S/C23H30BrN/c1-14-11-21-20(13-22-18(23(21)24)7-4-10-25-22)19(14)12-16-9-8-15-5-2-3-6-17(15)16/h2-3,5-6,8-9,14,16,18-23,25H,4,7,10-13H2,1H3. The number of hydrogen-bond acceptors (Lipinski definition) is 1. The molecule has 1 aromatic rings. The second-order valence-electron chi connectivity index (χ2n) is 9.08. The Morgan fingerprint density at radius 1 is 1.12 bits per heavy atom. The van der Waals surface area contributed by atoms with Gasteiger partial charge in [0, 0.05) is 16.8 Å². The number of hydrogen-bond donors (Lipinski definition) is 1. The van der Waals surface area contributed by atoms with Crippen LogP contribution in [0.15, 0.2) is 30.3 Å². The molecule has 2 heteroatoms. The smallest absolute Gasteiger partial charge is 0.0220 e. The molecule has 3 aliphatic carbocycles. The predicted molar refractivity (Wildman–Crippen MR) is 109 cm³/mol. The minimum atomic E-state index is 0.646. The molecule has 3 fully saturated rings. The Hall–Kier alpha value is -0.600. The van der Waals surface area contributed by atoms with Crippen molar-refractivity contribution in [1.29, 1.82) is 0 Å². The summed E-state index contributed by atoms with van der Waals surface area (Å²) in [6.45, 7) is 3.77. The van der Waals surface area contributed by atoms with E-state index in [1.165, 1.54) is 44.2 Å². The van der Waals surface area contributed by atoms with Gasteiger partial charge in [0.05, 0.1) is 0 Å². The van der Waals surface area contributed by atoms with Crippen LogP contribution in [0.3, 0.4) is 0 Å². The van der Waals surface area contributed by atoms with Crippen molar-refractivity contribution in [2.45, 2.75) is 55.8 Å². The van der Waals surface area contributed by atoms with Crippen molar-refractivity contribution >= 4 is 22.0 Å². The van der Waals surface area contributed by atoms with E-state index in [0.717, 1.165) is 40.5 Å². The number of rotatable bonds is 2. The van der Waals surface area contributed by atoms with Crippen LogP contribution in [-0.4, -0.2) is 17.4 Å². The molecule has 0 aromatic heterocycles. The Kier molecular flexibility index (Phi) is 4.33. The minimum absolute atomic E-state index is 0.646. The van der Waals surface area contributed by atoms with Gasteiger partial charge in [0.1, 0.15) is 0 Å². The molecule has 1 N–H and O–H groups in total. The molecule has 4 aliphatic rings. The highest BCUT2D eigenvalue weighted by molar-refractivity contribution is 9.09. The van der Waals surface area contributed by atoms with Crippen LogP contribution in [0.4, 0.5) is 0 Å². The van der Waals surface area contributed by atoms with Crippen molar-refractivity contribution < 1.29 is 0 Å². The molecule has 1 aliphatic heterocycles. The van der Waals surface area contributed by atoms with E-state index in [-0.39, 0.29) is 0 Å². The summed E-state index contributed by atoms with van der Waals surface area (Å²) in [6.07, 6.45) is 11.8. The Morgan fingerprint density at radius 3 is 2.92 bits per heavy atom. The third kappa shape index (κ3) is 2.75. The summed E-state index contributed by atoms with van der Waals surface area (Å²) in [5.41, 5.74) is 3.02. The zero-order chi connectivity index (χ0) is 17.0. The molecule has 2 saturated carbocycles. The average Bonchev–Trinajstić information content (AvgIpc) is 3.18. The van der Waals surface area contributed by atoms with Gasteiger partial charge in [0.2, 0.25) is 0 Å². The van der Waals surface area contributed by atoms with Crippen LogP contribution in [0.25, 0.3) is 6.08 Å². The molecule has 0 radical (unpaired) electrons. The largest absolute Gasteiger partial charge is 0.314 e. The molecule has 1 saturated heterocycles. The first kappa shape index (κ1) is 16.6. The molecule has 8 atom stereocenters. The Bertz CT molecular complexity index is 668. The van der Waals surface area contributed by atoms with Gasteiger partial charge in [-0.05, 0) is 79.4 Å². The van der Waals surface area contributed by atoms with Gasteiger partial charge < -0.3 is 5.32 Å². The summed E-state index contributed by atoms with van der Waals surface area (Å²) in [6, 6.07) is 9.78. The highest BCUT2D eigenvalue weighted by Gasteiger charge is 2.52. The second kappa shape index (κ2) is 6.53. The topological polar surface area (TPSA) is 12.0 Å². The lowest BCUT2D eigenvalue weighted by molar-refractivity contribution is 0.112. The third-order valence-corrected chi connectivity index (χ3v) is 9.24. The van der Waals surface area contributed by atoms with Crippen LogP contribution in [0.1, 0.15) is 56.1 Å². The third-order valence-electron chi connectivity index (χ3n) is 7.89. The SMILES string of the molecule is CC1CC2C(Br)C3CCCNC3CC2C1CC1C=Cc2ccccc21. The maximum Gasteiger partial charge on any atom is 0.0220 e. The number of alkyl halides is 1. The van der Waals surface area contributed by atoms with Crippen molar-refractivity contribution in [2.75, 3.05) is 6.54 Å². The number of halogens is 1. The molecule has 1 heterocycles. The van der Waals surface area contributed by atoms with E-state index in [9.17, 15) is 0 Å². The molecule has 0 bridgehead atoms. The number of allylic oxidation sites excluding steroid dienone is 1. The van der Waals surface area contributed by atoms with Gasteiger partial charge in [0.15, 0.2) is 0 Å². The van der Waals surface area contributed by atoms with E-state index in [4.69, 9.17) is 0 Å². The molecule has 1 aromatic carbocycles. The lowest BCUT2D eigenvalue weighted by Gasteiger charge is -2.47. The number of benzene rings is 1. The molecule has 1 nitrogen and oxygen atoms in total. The van der Waals surface area contributed by atoms with Gasteiger partial charge in [0.25, 0.3) is 0 Å². The van der Waals surface area contributed by atoms with Crippen molar-refractivity contribution in [3.8, 4) is 0 Å². The van der Waals surface area contributed by atoms with Crippen LogP contribution < -0.4 is 5.32 Å². The van der Waals surface area contributed by atoms with Crippen molar-refractivity contribution in [2.24, 2.45) is 29.6 Å². The van der Waals surface area contributed by atoms with Crippen molar-refractivity contribution in [3.63, 3.8) is 0 Å². The molecule has 5 rings (SSSR count). The molecular weight excluding hydrogens is 370 g/mol. The first-order chi connectivity index (χ1) is 12.2. The van der Waals surface area contributed by atoms with E-state index in [1.54, 1.807) is 5.56 Å². The second-order valence-corrected chi connectivity index (χ2v) is 10.1. The molecule has 0 amide bonds. The quantitative estimate of drug-likeness (QED) is 0.637. The normalized spacial score (nSPS) is 45.0. The monoisotopic (exact) mass is 399 g/mol. The summed E-state index contributed by atoms with van der Waals surface area (Å²) in [5.74, 6) is 5.09. The summed E-state index contributed by atoms with van der Waals surface area (Å²) < 4.78 is 0. The predicted octanol–water partition coefficient (Wildman–Crippen LogP) is 5.61. The van der Waals surface area contributed by atoms with E-state index in [2.05, 4.69) is 64.6 Å². The van der Waals surface area contributed by atoms with E-state index >= 15 is 0 Å². The summed E-state index contributed by atoms with van der Waals surface area (Å²) >= 11 is 4.18. The van der Waals surface area contributed by atoms with Crippen LogP contribution in [0.5, 0.6) is 0 Å². The van der Waals surface area contributed by atoms with Gasteiger partial charge in [-0.15, -0.1) is 0 Å². The highest BCUT2D eigenvalue weighted by Crippen LogP contribution is 2.56. The van der Waals surface area contributed by atoms with Crippen LogP contribution >= 0.6 is 15.9 Å². The fraction of sp³-hybridized carbons (Fsp3) is 0.652. The van der Waals surface area contributed by atoms with Gasteiger partial charge in [-0.25, -0.2) is 0 Å². The number of fused-ring (bicyclic) bond motifs is 3. The maximum absolute atomic E-state index is 4.18. The van der Waals surface area contributed by atoms with Gasteiger partial charge in [-0.3, -0.25) is 0 Å². The Balaban J connectivity index is 1.37. The Labute approximate surface area is 160 Å². The van der Waals surface area contributed by atoms with Crippen LogP contribution in [-0.2, 0) is 0 Å². The zero-order valence-electron chi connectivity index (χ0n) is 15.2. The first-order valence-corrected chi connectivity index (χ1v) is 11.3. The number of piperidine rings is 1. The highest BCUT2D eigenvalue weighted by atomic mass is 79.9. The summed E-state index contributed by atoms with van der Waals surface area (Å²) in [7, 11) is 0. The molecule has 134 valence electrons. The summed E-state index contributed by atoms with van der Waals surface area (Å²) in [5, 5.41) is 3.86. The van der Waals surface area contributed by atoms with Crippen molar-refractivity contribution in [1.82, 2.24) is 5.32 Å². The minimum Gasteiger partial charge on any atom is -0.314 e.